The van der Waals surface area contributed by atoms with Gasteiger partial charge >= 0.3 is 0 Å². The Morgan fingerprint density at radius 2 is 0.820 bits per heavy atom. The molecule has 0 aromatic heterocycles. The molecule has 8 aromatic carbocycles. The van der Waals surface area contributed by atoms with E-state index in [1.165, 1.54) is 72.1 Å². The Morgan fingerprint density at radius 3 is 1.48 bits per heavy atom. The van der Waals surface area contributed by atoms with Crippen molar-refractivity contribution in [1.29, 1.82) is 0 Å². The number of hydrogen-bond donors (Lipinski definition) is 0. The fourth-order valence-electron chi connectivity index (χ4n) is 8.07. The molecule has 9 rings (SSSR count). The quantitative estimate of drug-likeness (QED) is 0.175. The van der Waals surface area contributed by atoms with Gasteiger partial charge in [0.25, 0.3) is 0 Å². The van der Waals surface area contributed by atoms with Gasteiger partial charge in [0.1, 0.15) is 0 Å². The van der Waals surface area contributed by atoms with E-state index in [0.29, 0.717) is 0 Å². The summed E-state index contributed by atoms with van der Waals surface area (Å²) in [6, 6.07) is 68.5. The predicted molar refractivity (Wildman–Crippen MR) is 213 cm³/mol. The van der Waals surface area contributed by atoms with Crippen LogP contribution in [-0.2, 0) is 5.41 Å². The Labute approximate surface area is 294 Å². The molecule has 8 aromatic rings. The van der Waals surface area contributed by atoms with Gasteiger partial charge in [0.15, 0.2) is 0 Å². The van der Waals surface area contributed by atoms with Crippen LogP contribution in [0.3, 0.4) is 0 Å². The number of rotatable bonds is 6. The van der Waals surface area contributed by atoms with Crippen molar-refractivity contribution in [3.8, 4) is 44.5 Å². The van der Waals surface area contributed by atoms with Crippen LogP contribution in [0.5, 0.6) is 0 Å². The molecule has 0 saturated heterocycles. The molecule has 0 heterocycles. The van der Waals surface area contributed by atoms with E-state index >= 15 is 0 Å². The maximum absolute atomic E-state index is 2.47. The summed E-state index contributed by atoms with van der Waals surface area (Å²) in [5.74, 6) is 0. The Morgan fingerprint density at radius 1 is 0.340 bits per heavy atom. The first kappa shape index (κ1) is 29.9. The van der Waals surface area contributed by atoms with Crippen molar-refractivity contribution in [3.05, 3.63) is 199 Å². The lowest BCUT2D eigenvalue weighted by Crippen LogP contribution is -2.16. The Kier molecular flexibility index (Phi) is 7.21. The molecule has 0 spiro atoms. The summed E-state index contributed by atoms with van der Waals surface area (Å²) >= 11 is 0. The molecule has 0 amide bonds. The molecule has 238 valence electrons. The van der Waals surface area contributed by atoms with Gasteiger partial charge < -0.3 is 4.90 Å². The SMILES string of the molecule is CC1(C)c2ccccc2-c2c(N(c3ccc(-c4ccc(-c5ccccc5)c5ccccc45)cc3)c3ccccc3-c3ccccc3)cccc21. The second-order valence-electron chi connectivity index (χ2n) is 13.7. The van der Waals surface area contributed by atoms with Crippen LogP contribution in [-0.4, -0.2) is 0 Å². The zero-order chi connectivity index (χ0) is 33.7. The van der Waals surface area contributed by atoms with Gasteiger partial charge in [-0.1, -0.05) is 178 Å². The standard InChI is InChI=1S/C49H37N/c1-49(2)44-24-13-11-23-43(44)48-45(49)25-15-27-47(48)50(46-26-14-12-20-40(46)35-18-7-4-8-19-35)37-30-28-36(29-31-37)39-33-32-38(34-16-5-3-6-17-34)41-21-9-10-22-42(39)41/h3-33H,1-2H3. The van der Waals surface area contributed by atoms with Crippen LogP contribution in [0.2, 0.25) is 0 Å². The molecular weight excluding hydrogens is 603 g/mol. The molecule has 1 aliphatic carbocycles. The van der Waals surface area contributed by atoms with Crippen LogP contribution in [0.1, 0.15) is 25.0 Å². The second kappa shape index (κ2) is 12.1. The normalized spacial score (nSPS) is 12.8. The van der Waals surface area contributed by atoms with Gasteiger partial charge in [-0.15, -0.1) is 0 Å². The van der Waals surface area contributed by atoms with Gasteiger partial charge in [0, 0.05) is 22.2 Å². The Balaban J connectivity index is 1.23. The van der Waals surface area contributed by atoms with E-state index in [4.69, 9.17) is 0 Å². The lowest BCUT2D eigenvalue weighted by Gasteiger charge is -2.30. The van der Waals surface area contributed by atoms with Crippen LogP contribution in [0, 0.1) is 0 Å². The molecule has 0 bridgehead atoms. The highest BCUT2D eigenvalue weighted by molar-refractivity contribution is 6.05. The van der Waals surface area contributed by atoms with Gasteiger partial charge in [-0.3, -0.25) is 0 Å². The maximum atomic E-state index is 2.47. The lowest BCUT2D eigenvalue weighted by molar-refractivity contribution is 0.660. The van der Waals surface area contributed by atoms with E-state index in [0.717, 1.165) is 11.4 Å². The largest absolute Gasteiger partial charge is 0.309 e. The van der Waals surface area contributed by atoms with E-state index < -0.39 is 0 Å². The molecule has 1 aliphatic rings. The van der Waals surface area contributed by atoms with E-state index in [-0.39, 0.29) is 5.41 Å². The van der Waals surface area contributed by atoms with Crippen molar-refractivity contribution in [2.24, 2.45) is 0 Å². The Hall–Kier alpha value is -6.18. The molecule has 0 aliphatic heterocycles. The molecule has 0 atom stereocenters. The molecule has 0 radical (unpaired) electrons. The molecule has 0 saturated carbocycles. The fraction of sp³-hybridized carbons (Fsp3) is 0.0612. The second-order valence-corrected chi connectivity index (χ2v) is 13.7. The van der Waals surface area contributed by atoms with Crippen molar-refractivity contribution in [3.63, 3.8) is 0 Å². The summed E-state index contributed by atoms with van der Waals surface area (Å²) in [6.07, 6.45) is 0. The van der Waals surface area contributed by atoms with E-state index in [1.54, 1.807) is 0 Å². The van der Waals surface area contributed by atoms with E-state index in [9.17, 15) is 0 Å². The predicted octanol–water partition coefficient (Wildman–Crippen LogP) is 13.6. The zero-order valence-electron chi connectivity index (χ0n) is 28.3. The summed E-state index contributed by atoms with van der Waals surface area (Å²) in [5, 5.41) is 2.52. The van der Waals surface area contributed by atoms with Crippen molar-refractivity contribution in [2.75, 3.05) is 4.90 Å². The highest BCUT2D eigenvalue weighted by Gasteiger charge is 2.37. The fourth-order valence-corrected chi connectivity index (χ4v) is 8.07. The molecule has 0 unspecified atom stereocenters. The van der Waals surface area contributed by atoms with Crippen molar-refractivity contribution in [2.45, 2.75) is 19.3 Å². The Bertz CT molecular complexity index is 2490. The van der Waals surface area contributed by atoms with Gasteiger partial charge in [-0.25, -0.2) is 0 Å². The van der Waals surface area contributed by atoms with Crippen molar-refractivity contribution < 1.29 is 0 Å². The summed E-state index contributed by atoms with van der Waals surface area (Å²) in [7, 11) is 0. The summed E-state index contributed by atoms with van der Waals surface area (Å²) in [4.78, 5) is 2.47. The van der Waals surface area contributed by atoms with Crippen LogP contribution in [0.4, 0.5) is 17.1 Å². The monoisotopic (exact) mass is 639 g/mol. The minimum absolute atomic E-state index is 0.0939. The van der Waals surface area contributed by atoms with Gasteiger partial charge in [0.05, 0.1) is 11.4 Å². The van der Waals surface area contributed by atoms with Gasteiger partial charge in [-0.05, 0) is 79.5 Å². The third kappa shape index (κ3) is 4.85. The van der Waals surface area contributed by atoms with Crippen molar-refractivity contribution in [1.82, 2.24) is 0 Å². The van der Waals surface area contributed by atoms with Crippen LogP contribution >= 0.6 is 0 Å². The topological polar surface area (TPSA) is 3.24 Å². The highest BCUT2D eigenvalue weighted by atomic mass is 15.1. The lowest BCUT2D eigenvalue weighted by atomic mass is 9.82. The zero-order valence-corrected chi connectivity index (χ0v) is 28.3. The summed E-state index contributed by atoms with van der Waals surface area (Å²) in [6.45, 7) is 4.71. The minimum Gasteiger partial charge on any atom is -0.309 e. The first-order valence-corrected chi connectivity index (χ1v) is 17.5. The number of nitrogens with zero attached hydrogens (tertiary/aromatic N) is 1. The van der Waals surface area contributed by atoms with Gasteiger partial charge in [-0.2, -0.15) is 0 Å². The van der Waals surface area contributed by atoms with Crippen LogP contribution in [0.25, 0.3) is 55.3 Å². The van der Waals surface area contributed by atoms with Gasteiger partial charge in [0.2, 0.25) is 0 Å². The smallest absolute Gasteiger partial charge is 0.0543 e. The molecular formula is C49H37N. The summed E-state index contributed by atoms with van der Waals surface area (Å²) < 4.78 is 0. The molecule has 1 heteroatoms. The van der Waals surface area contributed by atoms with E-state index in [1.807, 2.05) is 0 Å². The first-order chi connectivity index (χ1) is 24.6. The number of benzene rings is 8. The van der Waals surface area contributed by atoms with Crippen LogP contribution in [0.15, 0.2) is 188 Å². The van der Waals surface area contributed by atoms with E-state index in [2.05, 4.69) is 207 Å². The molecule has 50 heavy (non-hydrogen) atoms. The maximum Gasteiger partial charge on any atom is 0.0543 e. The average molecular weight is 640 g/mol. The third-order valence-electron chi connectivity index (χ3n) is 10.5. The van der Waals surface area contributed by atoms with Crippen LogP contribution < -0.4 is 4.90 Å². The first-order valence-electron chi connectivity index (χ1n) is 17.5. The van der Waals surface area contributed by atoms with Crippen molar-refractivity contribution >= 4 is 27.8 Å². The summed E-state index contributed by atoms with van der Waals surface area (Å²) in [5.41, 5.74) is 16.0. The average Bonchev–Trinajstić information content (AvgIpc) is 3.42. The number of para-hydroxylation sites is 1. The third-order valence-corrected chi connectivity index (χ3v) is 10.5. The molecule has 0 fully saturated rings. The number of anilines is 3. The number of hydrogen-bond acceptors (Lipinski definition) is 1. The minimum atomic E-state index is -0.0939. The number of fused-ring (bicyclic) bond motifs is 4. The molecule has 1 nitrogen and oxygen atoms in total. The highest BCUT2D eigenvalue weighted by Crippen LogP contribution is 2.55. The molecule has 0 N–H and O–H groups in total.